The van der Waals surface area contributed by atoms with E-state index < -0.39 is 0 Å². The van der Waals surface area contributed by atoms with Crippen LogP contribution in [-0.4, -0.2) is 10.1 Å². The zero-order chi connectivity index (χ0) is 9.42. The van der Waals surface area contributed by atoms with Gasteiger partial charge in [-0.25, -0.2) is 0 Å². The zero-order valence-electron chi connectivity index (χ0n) is 7.70. The molecule has 0 saturated heterocycles. The van der Waals surface area contributed by atoms with Crippen LogP contribution in [0.25, 0.3) is 10.8 Å². The van der Waals surface area contributed by atoms with E-state index in [1.165, 1.54) is 6.20 Å². The predicted octanol–water partition coefficient (Wildman–Crippen LogP) is 2.56. The Balaban J connectivity index is 3.00. The van der Waals surface area contributed by atoms with E-state index in [1.54, 1.807) is 0 Å². The smallest absolute Gasteiger partial charge is 0.141 e. The zero-order valence-corrected chi connectivity index (χ0v) is 7.70. The molecule has 1 heterocycles. The van der Waals surface area contributed by atoms with Crippen molar-refractivity contribution in [2.24, 2.45) is 0 Å². The highest BCUT2D eigenvalue weighted by Crippen LogP contribution is 2.28. The lowest BCUT2D eigenvalue weighted by molar-refractivity contribution is 0.479. The summed E-state index contributed by atoms with van der Waals surface area (Å²) in [4.78, 5) is 4.10. The molecule has 1 aromatic carbocycles. The number of hydrogen-bond acceptors (Lipinski definition) is 2. The summed E-state index contributed by atoms with van der Waals surface area (Å²) in [6.45, 7) is 3.93. The lowest BCUT2D eigenvalue weighted by Gasteiger charge is -2.05. The Labute approximate surface area is 76.9 Å². The van der Waals surface area contributed by atoms with E-state index in [4.69, 9.17) is 0 Å². The Bertz CT molecular complexity index is 455. The lowest BCUT2D eigenvalue weighted by atomic mass is 10.0. The van der Waals surface area contributed by atoms with Crippen molar-refractivity contribution in [2.75, 3.05) is 0 Å². The summed E-state index contributed by atoms with van der Waals surface area (Å²) in [6, 6.07) is 5.94. The molecule has 0 spiro atoms. The second kappa shape index (κ2) is 2.73. The monoisotopic (exact) mass is 173 g/mol. The molecule has 13 heavy (non-hydrogen) atoms. The van der Waals surface area contributed by atoms with Gasteiger partial charge in [0, 0.05) is 16.5 Å². The fraction of sp³-hybridized carbons (Fsp3) is 0.182. The van der Waals surface area contributed by atoms with Gasteiger partial charge in [-0.15, -0.1) is 0 Å². The number of benzene rings is 1. The van der Waals surface area contributed by atoms with Crippen molar-refractivity contribution in [3.8, 4) is 5.75 Å². The third kappa shape index (κ3) is 1.15. The molecule has 0 unspecified atom stereocenters. The van der Waals surface area contributed by atoms with E-state index >= 15 is 0 Å². The number of aromatic hydroxyl groups is 1. The first kappa shape index (κ1) is 8.05. The molecular weight excluding hydrogens is 162 g/mol. The van der Waals surface area contributed by atoms with Gasteiger partial charge < -0.3 is 5.11 Å². The van der Waals surface area contributed by atoms with Gasteiger partial charge >= 0.3 is 0 Å². The second-order valence-corrected chi connectivity index (χ2v) is 3.23. The standard InChI is InChI=1S/C11H11NO/c1-7-4-3-5-9-8(2)12-6-10(13)11(7)9/h3-6,13H,1-2H3. The molecule has 2 nitrogen and oxygen atoms in total. The maximum atomic E-state index is 9.61. The van der Waals surface area contributed by atoms with Gasteiger partial charge in [-0.05, 0) is 19.4 Å². The molecule has 1 aromatic heterocycles. The number of aromatic nitrogens is 1. The highest BCUT2D eigenvalue weighted by atomic mass is 16.3. The third-order valence-corrected chi connectivity index (χ3v) is 2.30. The van der Waals surface area contributed by atoms with Crippen LogP contribution in [0.5, 0.6) is 5.75 Å². The van der Waals surface area contributed by atoms with E-state index in [0.717, 1.165) is 22.0 Å². The molecule has 0 aliphatic rings. The van der Waals surface area contributed by atoms with E-state index in [9.17, 15) is 5.11 Å². The Hall–Kier alpha value is -1.57. The normalized spacial score (nSPS) is 10.6. The van der Waals surface area contributed by atoms with Gasteiger partial charge in [-0.1, -0.05) is 18.2 Å². The average Bonchev–Trinajstić information content (AvgIpc) is 2.12. The van der Waals surface area contributed by atoms with Crippen molar-refractivity contribution < 1.29 is 5.11 Å². The summed E-state index contributed by atoms with van der Waals surface area (Å²) in [5, 5.41) is 11.6. The highest BCUT2D eigenvalue weighted by Gasteiger charge is 2.04. The molecule has 0 saturated carbocycles. The Kier molecular flexibility index (Phi) is 1.69. The molecule has 2 rings (SSSR count). The van der Waals surface area contributed by atoms with Crippen LogP contribution in [0.15, 0.2) is 24.4 Å². The largest absolute Gasteiger partial charge is 0.506 e. The number of pyridine rings is 1. The topological polar surface area (TPSA) is 33.1 Å². The maximum absolute atomic E-state index is 9.61. The van der Waals surface area contributed by atoms with Crippen molar-refractivity contribution in [3.05, 3.63) is 35.7 Å². The van der Waals surface area contributed by atoms with Crippen LogP contribution in [-0.2, 0) is 0 Å². The predicted molar refractivity (Wildman–Crippen MR) is 52.9 cm³/mol. The fourth-order valence-electron chi connectivity index (χ4n) is 1.60. The molecule has 0 aliphatic heterocycles. The first-order valence-corrected chi connectivity index (χ1v) is 4.24. The number of nitrogens with zero attached hydrogens (tertiary/aromatic N) is 1. The number of rotatable bonds is 0. The van der Waals surface area contributed by atoms with E-state index in [-0.39, 0.29) is 5.75 Å². The van der Waals surface area contributed by atoms with Crippen molar-refractivity contribution in [2.45, 2.75) is 13.8 Å². The maximum Gasteiger partial charge on any atom is 0.141 e. The molecule has 0 amide bonds. The molecule has 2 aromatic rings. The first-order valence-electron chi connectivity index (χ1n) is 4.24. The summed E-state index contributed by atoms with van der Waals surface area (Å²) in [7, 11) is 0. The van der Waals surface area contributed by atoms with Crippen molar-refractivity contribution >= 4 is 10.8 Å². The molecule has 0 bridgehead atoms. The van der Waals surface area contributed by atoms with Crippen molar-refractivity contribution in [1.29, 1.82) is 0 Å². The first-order chi connectivity index (χ1) is 6.20. The number of hydrogen-bond donors (Lipinski definition) is 1. The Morgan fingerprint density at radius 1 is 1.23 bits per heavy atom. The Morgan fingerprint density at radius 3 is 2.69 bits per heavy atom. The SMILES string of the molecule is Cc1ncc(O)c2c(C)cccc12. The summed E-state index contributed by atoms with van der Waals surface area (Å²) >= 11 is 0. The average molecular weight is 173 g/mol. The van der Waals surface area contributed by atoms with Gasteiger partial charge in [-0.2, -0.15) is 0 Å². The molecule has 2 heteroatoms. The minimum Gasteiger partial charge on any atom is -0.506 e. The van der Waals surface area contributed by atoms with Gasteiger partial charge in [0.1, 0.15) is 5.75 Å². The summed E-state index contributed by atoms with van der Waals surface area (Å²) in [6.07, 6.45) is 1.50. The minimum atomic E-state index is 0.263. The summed E-state index contributed by atoms with van der Waals surface area (Å²) in [5.41, 5.74) is 2.04. The van der Waals surface area contributed by atoms with Crippen LogP contribution in [0.4, 0.5) is 0 Å². The third-order valence-electron chi connectivity index (χ3n) is 2.30. The molecule has 0 atom stereocenters. The van der Waals surface area contributed by atoms with Crippen LogP contribution < -0.4 is 0 Å². The summed E-state index contributed by atoms with van der Waals surface area (Å²) < 4.78 is 0. The van der Waals surface area contributed by atoms with Crippen LogP contribution in [0, 0.1) is 13.8 Å². The summed E-state index contributed by atoms with van der Waals surface area (Å²) in [5.74, 6) is 0.263. The molecule has 0 aliphatic carbocycles. The van der Waals surface area contributed by atoms with Crippen molar-refractivity contribution in [3.63, 3.8) is 0 Å². The lowest BCUT2D eigenvalue weighted by Crippen LogP contribution is -1.86. The van der Waals surface area contributed by atoms with E-state index in [0.29, 0.717) is 0 Å². The highest BCUT2D eigenvalue weighted by molar-refractivity contribution is 5.91. The molecule has 0 radical (unpaired) electrons. The van der Waals surface area contributed by atoms with Gasteiger partial charge in [-0.3, -0.25) is 4.98 Å². The van der Waals surface area contributed by atoms with Crippen LogP contribution >= 0.6 is 0 Å². The Morgan fingerprint density at radius 2 is 2.00 bits per heavy atom. The van der Waals surface area contributed by atoms with Gasteiger partial charge in [0.25, 0.3) is 0 Å². The molecular formula is C11H11NO. The van der Waals surface area contributed by atoms with Crippen LogP contribution in [0.2, 0.25) is 0 Å². The second-order valence-electron chi connectivity index (χ2n) is 3.23. The van der Waals surface area contributed by atoms with Gasteiger partial charge in [0.15, 0.2) is 0 Å². The molecule has 0 fully saturated rings. The number of aryl methyl sites for hydroxylation is 2. The minimum absolute atomic E-state index is 0.263. The molecule has 66 valence electrons. The van der Waals surface area contributed by atoms with Crippen LogP contribution in [0.1, 0.15) is 11.3 Å². The van der Waals surface area contributed by atoms with E-state index in [1.807, 2.05) is 32.0 Å². The molecule has 1 N–H and O–H groups in total. The fourth-order valence-corrected chi connectivity index (χ4v) is 1.60. The van der Waals surface area contributed by atoms with Crippen LogP contribution in [0.3, 0.4) is 0 Å². The number of fused-ring (bicyclic) bond motifs is 1. The quantitative estimate of drug-likeness (QED) is 0.664. The van der Waals surface area contributed by atoms with E-state index in [2.05, 4.69) is 4.98 Å². The van der Waals surface area contributed by atoms with Crippen molar-refractivity contribution in [1.82, 2.24) is 4.98 Å². The van der Waals surface area contributed by atoms with Gasteiger partial charge in [0.2, 0.25) is 0 Å². The van der Waals surface area contributed by atoms with Gasteiger partial charge in [0.05, 0.1) is 6.20 Å².